The van der Waals surface area contributed by atoms with E-state index in [0.717, 1.165) is 29.8 Å². The van der Waals surface area contributed by atoms with E-state index in [-0.39, 0.29) is 11.5 Å². The van der Waals surface area contributed by atoms with Crippen LogP contribution in [-0.2, 0) is 35.8 Å². The van der Waals surface area contributed by atoms with Crippen molar-refractivity contribution in [2.75, 3.05) is 11.5 Å². The molecule has 0 saturated carbocycles. The Hall–Kier alpha value is -0.880. The summed E-state index contributed by atoms with van der Waals surface area (Å²) in [5.74, 6) is 0.325. The summed E-state index contributed by atoms with van der Waals surface area (Å²) in [6, 6.07) is 0. The van der Waals surface area contributed by atoms with Crippen LogP contribution in [0, 0.1) is 0 Å². The molecular weight excluding hydrogens is 250 g/mol. The molecule has 104 valence electrons. The van der Waals surface area contributed by atoms with Crippen molar-refractivity contribution >= 4 is 9.84 Å². The number of aromatic nitrogens is 2. The number of hydrogen-bond donors (Lipinski definition) is 1. The molecule has 0 atom stereocenters. The van der Waals surface area contributed by atoms with Gasteiger partial charge in [-0.05, 0) is 12.8 Å². The van der Waals surface area contributed by atoms with Gasteiger partial charge in [-0.1, -0.05) is 20.8 Å². The predicted molar refractivity (Wildman–Crippen MR) is 73.2 cm³/mol. The van der Waals surface area contributed by atoms with Crippen molar-refractivity contribution in [1.82, 2.24) is 9.78 Å². The molecule has 1 aromatic heterocycles. The zero-order valence-corrected chi connectivity index (χ0v) is 12.3. The van der Waals surface area contributed by atoms with Crippen LogP contribution in [0.15, 0.2) is 0 Å². The van der Waals surface area contributed by atoms with Crippen molar-refractivity contribution < 1.29 is 8.42 Å². The SMILES string of the molecule is CCc1nn(CCS(=O)(=O)CC)c(CC)c1CN. The Bertz CT molecular complexity index is 492. The summed E-state index contributed by atoms with van der Waals surface area (Å²) in [7, 11) is -2.95. The lowest BCUT2D eigenvalue weighted by molar-refractivity contribution is 0.573. The molecule has 5 nitrogen and oxygen atoms in total. The molecule has 6 heteroatoms. The van der Waals surface area contributed by atoms with Crippen molar-refractivity contribution in [3.8, 4) is 0 Å². The fourth-order valence-electron chi connectivity index (χ4n) is 2.06. The maximum Gasteiger partial charge on any atom is 0.151 e. The number of sulfone groups is 1. The maximum absolute atomic E-state index is 11.5. The molecule has 1 heterocycles. The molecule has 0 aliphatic heterocycles. The first-order valence-electron chi connectivity index (χ1n) is 6.46. The van der Waals surface area contributed by atoms with Crippen LogP contribution < -0.4 is 5.73 Å². The van der Waals surface area contributed by atoms with Crippen LogP contribution in [0.3, 0.4) is 0 Å². The molecule has 0 aliphatic carbocycles. The molecular formula is C12H23N3O2S. The molecule has 2 N–H and O–H groups in total. The van der Waals surface area contributed by atoms with E-state index < -0.39 is 9.84 Å². The fourth-order valence-corrected chi connectivity index (χ4v) is 2.80. The molecule has 0 bridgehead atoms. The van der Waals surface area contributed by atoms with Gasteiger partial charge >= 0.3 is 0 Å². The lowest BCUT2D eigenvalue weighted by Crippen LogP contribution is -2.17. The second kappa shape index (κ2) is 6.33. The van der Waals surface area contributed by atoms with Crippen LogP contribution in [-0.4, -0.2) is 29.7 Å². The first kappa shape index (κ1) is 15.2. The minimum Gasteiger partial charge on any atom is -0.326 e. The van der Waals surface area contributed by atoms with Gasteiger partial charge in [-0.3, -0.25) is 4.68 Å². The zero-order chi connectivity index (χ0) is 13.8. The van der Waals surface area contributed by atoms with Gasteiger partial charge < -0.3 is 5.73 Å². The van der Waals surface area contributed by atoms with Gasteiger partial charge in [-0.15, -0.1) is 0 Å². The standard InChI is InChI=1S/C12H23N3O2S/c1-4-11-10(9-13)12(5-2)15(14-11)7-8-18(16,17)6-3/h4-9,13H2,1-3H3. The Morgan fingerprint density at radius 1 is 1.22 bits per heavy atom. The maximum atomic E-state index is 11.5. The summed E-state index contributed by atoms with van der Waals surface area (Å²) in [5, 5.41) is 4.48. The Balaban J connectivity index is 2.99. The minimum atomic E-state index is -2.95. The van der Waals surface area contributed by atoms with E-state index in [1.165, 1.54) is 0 Å². The summed E-state index contributed by atoms with van der Waals surface area (Å²) in [5.41, 5.74) is 8.89. The number of aryl methyl sites for hydroxylation is 2. The molecule has 0 aliphatic rings. The summed E-state index contributed by atoms with van der Waals surface area (Å²) >= 11 is 0. The lowest BCUT2D eigenvalue weighted by atomic mass is 10.1. The zero-order valence-electron chi connectivity index (χ0n) is 11.4. The van der Waals surface area contributed by atoms with Crippen molar-refractivity contribution in [1.29, 1.82) is 0 Å². The number of rotatable bonds is 7. The monoisotopic (exact) mass is 273 g/mol. The Morgan fingerprint density at radius 2 is 1.89 bits per heavy atom. The van der Waals surface area contributed by atoms with Crippen LogP contribution in [0.5, 0.6) is 0 Å². The quantitative estimate of drug-likeness (QED) is 0.800. The van der Waals surface area contributed by atoms with Gasteiger partial charge in [0, 0.05) is 23.6 Å². The molecule has 0 fully saturated rings. The van der Waals surface area contributed by atoms with Crippen LogP contribution in [0.25, 0.3) is 0 Å². The van der Waals surface area contributed by atoms with Crippen LogP contribution in [0.4, 0.5) is 0 Å². The van der Waals surface area contributed by atoms with Crippen molar-refractivity contribution in [2.45, 2.75) is 46.7 Å². The summed E-state index contributed by atoms with van der Waals surface area (Å²) < 4.78 is 24.9. The van der Waals surface area contributed by atoms with E-state index >= 15 is 0 Å². The molecule has 18 heavy (non-hydrogen) atoms. The third kappa shape index (κ3) is 3.32. The third-order valence-electron chi connectivity index (χ3n) is 3.18. The number of hydrogen-bond acceptors (Lipinski definition) is 4. The average molecular weight is 273 g/mol. The molecule has 0 unspecified atom stereocenters. The highest BCUT2D eigenvalue weighted by atomic mass is 32.2. The second-order valence-electron chi connectivity index (χ2n) is 4.24. The van der Waals surface area contributed by atoms with Gasteiger partial charge in [0.25, 0.3) is 0 Å². The Morgan fingerprint density at radius 3 is 2.33 bits per heavy atom. The second-order valence-corrected chi connectivity index (χ2v) is 6.72. The Labute approximate surface area is 109 Å². The first-order chi connectivity index (χ1) is 8.49. The van der Waals surface area contributed by atoms with Gasteiger partial charge in [0.15, 0.2) is 9.84 Å². The van der Waals surface area contributed by atoms with Crippen molar-refractivity contribution in [2.24, 2.45) is 5.73 Å². The highest BCUT2D eigenvalue weighted by molar-refractivity contribution is 7.91. The summed E-state index contributed by atoms with van der Waals surface area (Å²) in [4.78, 5) is 0. The highest BCUT2D eigenvalue weighted by Crippen LogP contribution is 2.15. The fraction of sp³-hybridized carbons (Fsp3) is 0.750. The lowest BCUT2D eigenvalue weighted by Gasteiger charge is -2.07. The highest BCUT2D eigenvalue weighted by Gasteiger charge is 2.16. The van der Waals surface area contributed by atoms with Gasteiger partial charge in [-0.2, -0.15) is 5.10 Å². The van der Waals surface area contributed by atoms with Crippen LogP contribution in [0.2, 0.25) is 0 Å². The van der Waals surface area contributed by atoms with E-state index in [2.05, 4.69) is 5.10 Å². The van der Waals surface area contributed by atoms with Crippen molar-refractivity contribution in [3.63, 3.8) is 0 Å². The molecule has 0 radical (unpaired) electrons. The van der Waals surface area contributed by atoms with Gasteiger partial charge in [0.05, 0.1) is 18.0 Å². The molecule has 0 spiro atoms. The van der Waals surface area contributed by atoms with Gasteiger partial charge in [0.2, 0.25) is 0 Å². The topological polar surface area (TPSA) is 78.0 Å². The van der Waals surface area contributed by atoms with E-state index in [1.54, 1.807) is 6.92 Å². The average Bonchev–Trinajstić information content (AvgIpc) is 2.73. The van der Waals surface area contributed by atoms with E-state index in [9.17, 15) is 8.42 Å². The van der Waals surface area contributed by atoms with E-state index in [4.69, 9.17) is 5.73 Å². The molecule has 0 aromatic carbocycles. The summed E-state index contributed by atoms with van der Waals surface area (Å²) in [6.45, 7) is 6.63. The third-order valence-corrected chi connectivity index (χ3v) is 4.86. The van der Waals surface area contributed by atoms with Crippen LogP contribution in [0.1, 0.15) is 37.7 Å². The predicted octanol–water partition coefficient (Wildman–Crippen LogP) is 0.901. The molecule has 0 amide bonds. The summed E-state index contributed by atoms with van der Waals surface area (Å²) in [6.07, 6.45) is 1.65. The molecule has 1 rings (SSSR count). The largest absolute Gasteiger partial charge is 0.326 e. The number of nitrogens with zero attached hydrogens (tertiary/aromatic N) is 2. The molecule has 1 aromatic rings. The minimum absolute atomic E-state index is 0.144. The van der Waals surface area contributed by atoms with Gasteiger partial charge in [-0.25, -0.2) is 8.42 Å². The molecule has 0 saturated heterocycles. The van der Waals surface area contributed by atoms with E-state index in [1.807, 2.05) is 18.5 Å². The Kier molecular flexibility index (Phi) is 5.34. The first-order valence-corrected chi connectivity index (χ1v) is 8.29. The van der Waals surface area contributed by atoms with Crippen LogP contribution >= 0.6 is 0 Å². The van der Waals surface area contributed by atoms with Gasteiger partial charge in [0.1, 0.15) is 0 Å². The van der Waals surface area contributed by atoms with Crippen molar-refractivity contribution in [3.05, 3.63) is 17.0 Å². The smallest absolute Gasteiger partial charge is 0.151 e. The van der Waals surface area contributed by atoms with E-state index in [0.29, 0.717) is 13.1 Å². The number of nitrogens with two attached hydrogens (primary N) is 1. The normalized spacial score (nSPS) is 12.0.